The number of benzene rings is 2. The zero-order valence-corrected chi connectivity index (χ0v) is 18.3. The van der Waals surface area contributed by atoms with Gasteiger partial charge in [0.25, 0.3) is 5.91 Å². The Kier molecular flexibility index (Phi) is 4.52. The lowest BCUT2D eigenvalue weighted by atomic mass is 10.1. The average molecular weight is 448 g/mol. The number of nitrogens with two attached hydrogens (primary N) is 1. The molecule has 0 saturated heterocycles. The van der Waals surface area contributed by atoms with Crippen molar-refractivity contribution in [2.45, 2.75) is 30.5 Å². The maximum absolute atomic E-state index is 13.0. The van der Waals surface area contributed by atoms with Crippen LogP contribution in [0.2, 0.25) is 0 Å². The second kappa shape index (κ2) is 7.16. The standard InChI is InChI=1S/C23H21N5O3S/c1-13(2)32(30,31)15-8-6-14(7-9-15)19-10-25-22-21(27-19)20(11-26-22)28-12-17-16(23(28)29)4-3-5-18(17)24/h3-11,13H,12,24H2,1-2H3,(H,25,26). The summed E-state index contributed by atoms with van der Waals surface area (Å²) in [5, 5.41) is -0.497. The van der Waals surface area contributed by atoms with E-state index in [-0.39, 0.29) is 10.8 Å². The maximum atomic E-state index is 13.0. The maximum Gasteiger partial charge on any atom is 0.259 e. The first-order valence-electron chi connectivity index (χ1n) is 10.1. The van der Waals surface area contributed by atoms with Gasteiger partial charge in [0.2, 0.25) is 0 Å². The van der Waals surface area contributed by atoms with Crippen LogP contribution < -0.4 is 10.6 Å². The Labute approximate surface area is 185 Å². The minimum absolute atomic E-state index is 0.136. The van der Waals surface area contributed by atoms with E-state index in [4.69, 9.17) is 10.7 Å². The van der Waals surface area contributed by atoms with Crippen LogP contribution >= 0.6 is 0 Å². The minimum Gasteiger partial charge on any atom is -0.398 e. The quantitative estimate of drug-likeness (QED) is 0.461. The number of H-pyrrole nitrogens is 1. The summed E-state index contributed by atoms with van der Waals surface area (Å²) in [6.07, 6.45) is 3.33. The Morgan fingerprint density at radius 1 is 1.12 bits per heavy atom. The summed E-state index contributed by atoms with van der Waals surface area (Å²) in [6, 6.07) is 11.9. The SMILES string of the molecule is CC(C)S(=O)(=O)c1ccc(-c2cnc3[nH]cc(N4Cc5c(N)cccc5C4=O)c3n2)cc1. The first-order chi connectivity index (χ1) is 15.3. The van der Waals surface area contributed by atoms with Crippen LogP contribution in [0, 0.1) is 0 Å². The molecule has 0 radical (unpaired) electrons. The van der Waals surface area contributed by atoms with Crippen LogP contribution in [0.4, 0.5) is 11.4 Å². The fourth-order valence-electron chi connectivity index (χ4n) is 3.86. The summed E-state index contributed by atoms with van der Waals surface area (Å²) in [4.78, 5) is 27.1. The first-order valence-corrected chi connectivity index (χ1v) is 11.7. The van der Waals surface area contributed by atoms with E-state index in [0.717, 1.165) is 11.1 Å². The predicted octanol–water partition coefficient (Wildman–Crippen LogP) is 3.55. The molecule has 32 heavy (non-hydrogen) atoms. The number of carbonyl (C=O) groups excluding carboxylic acids is 1. The molecule has 3 heterocycles. The molecule has 5 rings (SSSR count). The molecule has 0 aliphatic carbocycles. The molecule has 1 aliphatic heterocycles. The van der Waals surface area contributed by atoms with Crippen molar-refractivity contribution in [3.63, 3.8) is 0 Å². The number of hydrogen-bond acceptors (Lipinski definition) is 6. The highest BCUT2D eigenvalue weighted by Gasteiger charge is 2.32. The van der Waals surface area contributed by atoms with E-state index in [9.17, 15) is 13.2 Å². The molecule has 0 saturated carbocycles. The van der Waals surface area contributed by atoms with Gasteiger partial charge in [0.05, 0.1) is 34.3 Å². The highest BCUT2D eigenvalue weighted by atomic mass is 32.2. The summed E-state index contributed by atoms with van der Waals surface area (Å²) < 4.78 is 24.8. The van der Waals surface area contributed by atoms with Crippen LogP contribution in [-0.4, -0.2) is 34.5 Å². The van der Waals surface area contributed by atoms with Crippen molar-refractivity contribution in [1.29, 1.82) is 0 Å². The number of aromatic nitrogens is 3. The molecular weight excluding hydrogens is 426 g/mol. The molecule has 2 aromatic heterocycles. The Balaban J connectivity index is 1.53. The topological polar surface area (TPSA) is 122 Å². The molecule has 162 valence electrons. The van der Waals surface area contributed by atoms with Gasteiger partial charge in [-0.3, -0.25) is 4.79 Å². The van der Waals surface area contributed by atoms with Crippen molar-refractivity contribution in [1.82, 2.24) is 15.0 Å². The summed E-state index contributed by atoms with van der Waals surface area (Å²) in [6.45, 7) is 3.67. The third kappa shape index (κ3) is 3.04. The lowest BCUT2D eigenvalue weighted by Gasteiger charge is -2.14. The molecule has 0 bridgehead atoms. The van der Waals surface area contributed by atoms with Crippen LogP contribution in [0.3, 0.4) is 0 Å². The second-order valence-corrected chi connectivity index (χ2v) is 10.5. The number of fused-ring (bicyclic) bond motifs is 2. The van der Waals surface area contributed by atoms with Crippen LogP contribution in [-0.2, 0) is 16.4 Å². The van der Waals surface area contributed by atoms with Crippen molar-refractivity contribution in [2.24, 2.45) is 0 Å². The molecule has 1 aliphatic rings. The van der Waals surface area contributed by atoms with E-state index >= 15 is 0 Å². The molecule has 0 fully saturated rings. The second-order valence-electron chi connectivity index (χ2n) is 8.01. The number of anilines is 2. The molecule has 0 spiro atoms. The van der Waals surface area contributed by atoms with Gasteiger partial charge in [0.1, 0.15) is 5.52 Å². The normalized spacial score (nSPS) is 13.8. The van der Waals surface area contributed by atoms with E-state index in [1.54, 1.807) is 73.6 Å². The highest BCUT2D eigenvalue weighted by Crippen LogP contribution is 2.35. The van der Waals surface area contributed by atoms with Gasteiger partial charge < -0.3 is 15.6 Å². The van der Waals surface area contributed by atoms with Gasteiger partial charge in [-0.2, -0.15) is 0 Å². The molecule has 1 amide bonds. The minimum atomic E-state index is -3.35. The number of nitrogens with zero attached hydrogens (tertiary/aromatic N) is 3. The van der Waals surface area contributed by atoms with E-state index < -0.39 is 15.1 Å². The van der Waals surface area contributed by atoms with Crippen molar-refractivity contribution < 1.29 is 13.2 Å². The number of aromatic amines is 1. The Morgan fingerprint density at radius 3 is 2.56 bits per heavy atom. The van der Waals surface area contributed by atoms with Gasteiger partial charge in [-0.05, 0) is 38.1 Å². The van der Waals surface area contributed by atoms with Gasteiger partial charge in [-0.1, -0.05) is 18.2 Å². The Bertz CT molecular complexity index is 1470. The molecule has 0 atom stereocenters. The van der Waals surface area contributed by atoms with Crippen molar-refractivity contribution in [3.8, 4) is 11.3 Å². The van der Waals surface area contributed by atoms with E-state index in [0.29, 0.717) is 40.3 Å². The van der Waals surface area contributed by atoms with Crippen molar-refractivity contribution in [3.05, 3.63) is 66.0 Å². The fourth-order valence-corrected chi connectivity index (χ4v) is 4.92. The number of sulfone groups is 1. The van der Waals surface area contributed by atoms with Crippen LogP contribution in [0.1, 0.15) is 29.8 Å². The van der Waals surface area contributed by atoms with Gasteiger partial charge in [-0.15, -0.1) is 0 Å². The van der Waals surface area contributed by atoms with Crippen LogP contribution in [0.15, 0.2) is 59.8 Å². The average Bonchev–Trinajstić information content (AvgIpc) is 3.35. The number of nitrogens with one attached hydrogen (secondary N) is 1. The monoisotopic (exact) mass is 447 g/mol. The summed E-state index contributed by atoms with van der Waals surface area (Å²) in [7, 11) is -3.35. The molecular formula is C23H21N5O3S. The van der Waals surface area contributed by atoms with E-state index in [2.05, 4.69) is 9.97 Å². The summed E-state index contributed by atoms with van der Waals surface area (Å²) in [5.41, 5.74) is 11.1. The third-order valence-electron chi connectivity index (χ3n) is 5.75. The van der Waals surface area contributed by atoms with Crippen LogP contribution in [0.25, 0.3) is 22.4 Å². The van der Waals surface area contributed by atoms with Crippen molar-refractivity contribution >= 4 is 38.3 Å². The van der Waals surface area contributed by atoms with Gasteiger partial charge in [0.15, 0.2) is 15.5 Å². The Hall–Kier alpha value is -3.72. The van der Waals surface area contributed by atoms with Gasteiger partial charge >= 0.3 is 0 Å². The smallest absolute Gasteiger partial charge is 0.259 e. The number of amides is 1. The molecule has 9 heteroatoms. The predicted molar refractivity (Wildman–Crippen MR) is 123 cm³/mol. The number of nitrogen functional groups attached to an aromatic ring is 1. The lowest BCUT2D eigenvalue weighted by molar-refractivity contribution is 0.0997. The fraction of sp³-hybridized carbons (Fsp3) is 0.174. The van der Waals surface area contributed by atoms with Crippen LogP contribution in [0.5, 0.6) is 0 Å². The number of hydrogen-bond donors (Lipinski definition) is 2. The molecule has 3 N–H and O–H groups in total. The van der Waals surface area contributed by atoms with E-state index in [1.165, 1.54) is 0 Å². The summed E-state index contributed by atoms with van der Waals surface area (Å²) in [5.74, 6) is -0.136. The Morgan fingerprint density at radius 2 is 1.88 bits per heavy atom. The summed E-state index contributed by atoms with van der Waals surface area (Å²) >= 11 is 0. The van der Waals surface area contributed by atoms with Gasteiger partial charge in [0, 0.05) is 28.6 Å². The first kappa shape index (κ1) is 20.2. The number of rotatable bonds is 4. The highest BCUT2D eigenvalue weighted by molar-refractivity contribution is 7.92. The molecule has 4 aromatic rings. The van der Waals surface area contributed by atoms with Crippen molar-refractivity contribution in [2.75, 3.05) is 10.6 Å². The third-order valence-corrected chi connectivity index (χ3v) is 7.93. The number of carbonyl (C=O) groups is 1. The molecule has 0 unspecified atom stereocenters. The van der Waals surface area contributed by atoms with Gasteiger partial charge in [-0.25, -0.2) is 18.4 Å². The molecule has 2 aromatic carbocycles. The zero-order valence-electron chi connectivity index (χ0n) is 17.5. The zero-order chi connectivity index (χ0) is 22.6. The molecule has 8 nitrogen and oxygen atoms in total. The van der Waals surface area contributed by atoms with E-state index in [1.807, 2.05) is 0 Å². The lowest BCUT2D eigenvalue weighted by Crippen LogP contribution is -2.22. The largest absolute Gasteiger partial charge is 0.398 e.